The smallest absolute Gasteiger partial charge is 0.293 e. The number of sulfonamides is 2. The Balaban J connectivity index is 2.88. The number of carbonyl (C=O) groups is 4. The van der Waals surface area contributed by atoms with Gasteiger partial charge in [-0.05, 0) is 24.3 Å². The van der Waals surface area contributed by atoms with E-state index in [1.165, 1.54) is 0 Å². The van der Waals surface area contributed by atoms with Crippen molar-refractivity contribution in [2.75, 3.05) is 19.3 Å². The van der Waals surface area contributed by atoms with Crippen LogP contribution < -0.4 is 8.61 Å². The fraction of sp³-hybridized carbons (Fsp3) is 0.200. The van der Waals surface area contributed by atoms with Gasteiger partial charge in [0.1, 0.15) is 0 Å². The molecule has 0 aliphatic rings. The van der Waals surface area contributed by atoms with Crippen molar-refractivity contribution in [1.82, 2.24) is 0 Å². The number of ketones is 2. The zero-order valence-electron chi connectivity index (χ0n) is 19.0. The third-order valence-corrected chi connectivity index (χ3v) is 8.57. The van der Waals surface area contributed by atoms with Crippen LogP contribution in [0.1, 0.15) is 20.7 Å². The molecular weight excluding hydrogens is 734 g/mol. The quantitative estimate of drug-likeness (QED) is 0.171. The lowest BCUT2D eigenvalue weighted by molar-refractivity contribution is -0.135. The summed E-state index contributed by atoms with van der Waals surface area (Å²) >= 11 is 5.51. The molecule has 0 saturated heterocycles. The lowest BCUT2D eigenvalue weighted by Gasteiger charge is -2.27. The minimum atomic E-state index is -6.93. The number of anilines is 2. The lowest BCUT2D eigenvalue weighted by Crippen LogP contribution is -2.54. The summed E-state index contributed by atoms with van der Waals surface area (Å²) in [6.07, 6.45) is 0. The van der Waals surface area contributed by atoms with Crippen LogP contribution in [-0.2, 0) is 29.6 Å². The van der Waals surface area contributed by atoms with E-state index in [9.17, 15) is 62.4 Å². The standard InChI is InChI=1S/C20H12Br2F6N2O8S2/c21-9-15(31)11-3-1-5-13(7-11)29(39(35,36)19(23,24)25)17(33)18(34)30(40(37,38)20(26,27)28)14-6-2-4-12(8-14)16(32)10-22/h1-8H,9-10H2. The van der Waals surface area contributed by atoms with E-state index in [4.69, 9.17) is 0 Å². The van der Waals surface area contributed by atoms with Gasteiger partial charge in [-0.2, -0.15) is 51.8 Å². The zero-order valence-corrected chi connectivity index (χ0v) is 23.8. The Hall–Kier alpha value is -2.84. The molecule has 0 N–H and O–H groups in total. The molecule has 0 aliphatic carbocycles. The second-order valence-electron chi connectivity index (χ2n) is 7.25. The Kier molecular flexibility index (Phi) is 9.97. The van der Waals surface area contributed by atoms with Gasteiger partial charge in [0.05, 0.1) is 22.0 Å². The molecular formula is C20H12Br2F6N2O8S2. The van der Waals surface area contributed by atoms with Crippen molar-refractivity contribution in [2.45, 2.75) is 11.0 Å². The summed E-state index contributed by atoms with van der Waals surface area (Å²) in [6.45, 7) is 0. The molecule has 0 aromatic heterocycles. The van der Waals surface area contributed by atoms with Gasteiger partial charge in [-0.15, -0.1) is 0 Å². The van der Waals surface area contributed by atoms with Gasteiger partial charge in [0.15, 0.2) is 11.6 Å². The van der Waals surface area contributed by atoms with E-state index in [1.807, 2.05) is 0 Å². The van der Waals surface area contributed by atoms with Crippen molar-refractivity contribution in [3.8, 4) is 0 Å². The van der Waals surface area contributed by atoms with Gasteiger partial charge < -0.3 is 0 Å². The van der Waals surface area contributed by atoms with Crippen LogP contribution in [0.4, 0.5) is 37.7 Å². The number of hydrogen-bond acceptors (Lipinski definition) is 8. The third kappa shape index (κ3) is 6.55. The maximum Gasteiger partial charge on any atom is 0.517 e. The molecule has 218 valence electrons. The van der Waals surface area contributed by atoms with Crippen molar-refractivity contribution in [2.24, 2.45) is 0 Å². The highest BCUT2D eigenvalue weighted by Gasteiger charge is 2.58. The first kappa shape index (κ1) is 33.4. The largest absolute Gasteiger partial charge is 0.517 e. The van der Waals surface area contributed by atoms with Gasteiger partial charge in [-0.3, -0.25) is 19.2 Å². The highest BCUT2D eigenvalue weighted by molar-refractivity contribution is 9.09. The number of hydrogen-bond donors (Lipinski definition) is 0. The van der Waals surface area contributed by atoms with Crippen molar-refractivity contribution in [3.05, 3.63) is 59.7 Å². The van der Waals surface area contributed by atoms with Crippen LogP contribution in [0.25, 0.3) is 0 Å². The van der Waals surface area contributed by atoms with Crippen LogP contribution >= 0.6 is 31.9 Å². The minimum Gasteiger partial charge on any atom is -0.293 e. The molecule has 2 amide bonds. The second-order valence-corrected chi connectivity index (χ2v) is 11.9. The van der Waals surface area contributed by atoms with E-state index in [-0.39, 0.29) is 0 Å². The van der Waals surface area contributed by atoms with Crippen LogP contribution in [0.15, 0.2) is 48.5 Å². The van der Waals surface area contributed by atoms with E-state index in [2.05, 4.69) is 31.9 Å². The summed E-state index contributed by atoms with van der Waals surface area (Å²) in [5.74, 6) is -7.52. The number of benzene rings is 2. The Labute approximate surface area is 238 Å². The van der Waals surface area contributed by atoms with E-state index >= 15 is 0 Å². The van der Waals surface area contributed by atoms with Crippen molar-refractivity contribution < 1.29 is 62.4 Å². The van der Waals surface area contributed by atoms with Gasteiger partial charge in [-0.25, -0.2) is 0 Å². The third-order valence-electron chi connectivity index (χ3n) is 4.67. The molecule has 0 fully saturated rings. The van der Waals surface area contributed by atoms with E-state index in [0.717, 1.165) is 24.3 Å². The van der Waals surface area contributed by atoms with Crippen LogP contribution in [-0.4, -0.2) is 61.9 Å². The Morgan fingerprint density at radius 3 is 1.18 bits per heavy atom. The molecule has 0 heterocycles. The summed E-state index contributed by atoms with van der Waals surface area (Å²) < 4.78 is 128. The van der Waals surface area contributed by atoms with Gasteiger partial charge in [0.25, 0.3) is 0 Å². The fourth-order valence-electron chi connectivity index (χ4n) is 2.88. The molecule has 0 bridgehead atoms. The summed E-state index contributed by atoms with van der Waals surface area (Å²) in [5, 5.41) is -0.868. The zero-order chi connectivity index (χ0) is 30.8. The van der Waals surface area contributed by atoms with Crippen LogP contribution in [0.3, 0.4) is 0 Å². The van der Waals surface area contributed by atoms with Crippen molar-refractivity contribution in [1.29, 1.82) is 0 Å². The van der Waals surface area contributed by atoms with Crippen molar-refractivity contribution >= 4 is 86.7 Å². The molecule has 0 spiro atoms. The molecule has 0 saturated carbocycles. The number of amides is 2. The molecule has 40 heavy (non-hydrogen) atoms. The molecule has 10 nitrogen and oxygen atoms in total. The van der Waals surface area contributed by atoms with Crippen molar-refractivity contribution in [3.63, 3.8) is 0 Å². The fourth-order valence-corrected chi connectivity index (χ4v) is 5.31. The average molecular weight is 746 g/mol. The summed E-state index contributed by atoms with van der Waals surface area (Å²) in [7, 11) is -13.9. The molecule has 2 aromatic carbocycles. The molecule has 2 aromatic rings. The monoisotopic (exact) mass is 744 g/mol. The first-order valence-corrected chi connectivity index (χ1v) is 15.0. The Morgan fingerprint density at radius 2 is 0.925 bits per heavy atom. The molecule has 2 rings (SSSR count). The van der Waals surface area contributed by atoms with E-state index in [1.54, 1.807) is 0 Å². The first-order chi connectivity index (χ1) is 18.2. The number of alkyl halides is 8. The molecule has 0 radical (unpaired) electrons. The number of nitrogens with zero attached hydrogens (tertiary/aromatic N) is 2. The number of halogens is 8. The summed E-state index contributed by atoms with van der Waals surface area (Å²) in [5.41, 5.74) is -16.3. The highest BCUT2D eigenvalue weighted by atomic mass is 79.9. The van der Waals surface area contributed by atoms with Gasteiger partial charge in [0.2, 0.25) is 0 Å². The lowest BCUT2D eigenvalue weighted by atomic mass is 10.1. The van der Waals surface area contributed by atoms with Crippen LogP contribution in [0, 0.1) is 0 Å². The summed E-state index contributed by atoms with van der Waals surface area (Å²) in [6, 6.07) is 5.36. The van der Waals surface area contributed by atoms with Gasteiger partial charge in [-0.1, -0.05) is 56.1 Å². The number of Topliss-reactive ketones (excluding diaryl/α,β-unsaturated/α-hetero) is 2. The summed E-state index contributed by atoms with van der Waals surface area (Å²) in [4.78, 5) is 49.9. The minimum absolute atomic E-state index is 0.413. The number of rotatable bonds is 8. The molecule has 0 atom stereocenters. The predicted molar refractivity (Wildman–Crippen MR) is 134 cm³/mol. The molecule has 0 unspecified atom stereocenters. The first-order valence-electron chi connectivity index (χ1n) is 9.92. The van der Waals surface area contributed by atoms with Crippen LogP contribution in [0.2, 0.25) is 0 Å². The highest BCUT2D eigenvalue weighted by Crippen LogP contribution is 2.35. The average Bonchev–Trinajstić information content (AvgIpc) is 2.86. The van der Waals surface area contributed by atoms with E-state index in [0.29, 0.717) is 24.3 Å². The number of carbonyl (C=O) groups excluding carboxylic acids is 4. The second kappa shape index (κ2) is 12.0. The van der Waals surface area contributed by atoms with Gasteiger partial charge in [0, 0.05) is 11.1 Å². The topological polar surface area (TPSA) is 143 Å². The maximum absolute atomic E-state index is 13.5. The molecule has 20 heteroatoms. The maximum atomic E-state index is 13.5. The van der Waals surface area contributed by atoms with E-state index < -0.39 is 96.2 Å². The normalized spacial score (nSPS) is 12.5. The predicted octanol–water partition coefficient (Wildman–Crippen LogP) is 3.91. The Bertz CT molecular complexity index is 1460. The SMILES string of the molecule is O=C(CBr)c1cccc(N(C(=O)C(=O)N(c2cccc(C(=O)CBr)c2)S(=O)(=O)C(F)(F)F)S(=O)(=O)C(F)(F)F)c1. The van der Waals surface area contributed by atoms with Crippen LogP contribution in [0.5, 0.6) is 0 Å². The molecule has 0 aliphatic heterocycles. The van der Waals surface area contributed by atoms with Gasteiger partial charge >= 0.3 is 42.9 Å². The Morgan fingerprint density at radius 1 is 0.625 bits per heavy atom.